The van der Waals surface area contributed by atoms with E-state index in [1.807, 2.05) is 24.3 Å². The highest BCUT2D eigenvalue weighted by Crippen LogP contribution is 2.19. The molecule has 0 aliphatic rings. The van der Waals surface area contributed by atoms with Gasteiger partial charge in [0.25, 0.3) is 0 Å². The Kier molecular flexibility index (Phi) is 4.10. The Labute approximate surface area is 115 Å². The Balaban J connectivity index is 2.17. The van der Waals surface area contributed by atoms with Gasteiger partial charge in [0.15, 0.2) is 0 Å². The third-order valence-electron chi connectivity index (χ3n) is 2.56. The molecule has 92 valence electrons. The smallest absolute Gasteiger partial charge is 0.135 e. The normalized spacial score (nSPS) is 10.1. The van der Waals surface area contributed by atoms with Gasteiger partial charge in [0.2, 0.25) is 0 Å². The lowest BCUT2D eigenvalue weighted by molar-refractivity contribution is 1.10. The number of hydrogen-bond acceptors (Lipinski definition) is 3. The summed E-state index contributed by atoms with van der Waals surface area (Å²) in [6.07, 6.45) is 1.74. The summed E-state index contributed by atoms with van der Waals surface area (Å²) in [6, 6.07) is 12.0. The number of benzene rings is 1. The van der Waals surface area contributed by atoms with E-state index in [1.54, 1.807) is 13.1 Å². The van der Waals surface area contributed by atoms with Crippen LogP contribution in [0.25, 0.3) is 0 Å². The molecule has 0 aliphatic heterocycles. The van der Waals surface area contributed by atoms with Gasteiger partial charge in [-0.2, -0.15) is 0 Å². The lowest BCUT2D eigenvalue weighted by Gasteiger charge is -2.10. The first kappa shape index (κ1) is 12.8. The summed E-state index contributed by atoms with van der Waals surface area (Å²) in [7, 11) is 0. The van der Waals surface area contributed by atoms with Crippen LogP contribution < -0.4 is 5.32 Å². The maximum absolute atomic E-state index is 7.76. The Morgan fingerprint density at radius 2 is 2.06 bits per heavy atom. The standard InChI is InChI=1S/C14H14BrN3/c1-10(16)13-7-12(15)9-18-14(13)17-8-11-5-3-2-4-6-11/h2-7,9,16H,8H2,1H3,(H,17,18). The van der Waals surface area contributed by atoms with Gasteiger partial charge in [-0.25, -0.2) is 4.98 Å². The predicted octanol–water partition coefficient (Wildman–Crippen LogP) is 3.84. The molecule has 1 heterocycles. The molecular formula is C14H14BrN3. The molecule has 2 aromatic rings. The number of anilines is 1. The maximum atomic E-state index is 7.76. The van der Waals surface area contributed by atoms with Crippen molar-refractivity contribution in [2.75, 3.05) is 5.32 Å². The van der Waals surface area contributed by atoms with Crippen molar-refractivity contribution in [1.29, 1.82) is 5.41 Å². The molecular weight excluding hydrogens is 290 g/mol. The van der Waals surface area contributed by atoms with Gasteiger partial charge in [-0.1, -0.05) is 30.3 Å². The van der Waals surface area contributed by atoms with Crippen LogP contribution in [0.15, 0.2) is 47.1 Å². The first-order valence-corrected chi connectivity index (χ1v) is 6.45. The Bertz CT molecular complexity index is 552. The fourth-order valence-electron chi connectivity index (χ4n) is 1.65. The van der Waals surface area contributed by atoms with Gasteiger partial charge in [-0.05, 0) is 34.5 Å². The molecule has 0 aliphatic carbocycles. The van der Waals surface area contributed by atoms with Gasteiger partial charge in [0, 0.05) is 28.5 Å². The number of nitrogens with one attached hydrogen (secondary N) is 2. The quantitative estimate of drug-likeness (QED) is 0.843. The molecule has 0 saturated heterocycles. The lowest BCUT2D eigenvalue weighted by atomic mass is 10.1. The van der Waals surface area contributed by atoms with Crippen LogP contribution in [-0.4, -0.2) is 10.7 Å². The molecule has 2 rings (SSSR count). The van der Waals surface area contributed by atoms with Crippen LogP contribution in [-0.2, 0) is 6.54 Å². The third-order valence-corrected chi connectivity index (χ3v) is 2.99. The van der Waals surface area contributed by atoms with Crippen LogP contribution in [0.2, 0.25) is 0 Å². The first-order valence-electron chi connectivity index (χ1n) is 5.65. The number of halogens is 1. The highest BCUT2D eigenvalue weighted by molar-refractivity contribution is 9.10. The topological polar surface area (TPSA) is 48.8 Å². The average Bonchev–Trinajstić information content (AvgIpc) is 2.38. The van der Waals surface area contributed by atoms with Gasteiger partial charge in [-0.3, -0.25) is 0 Å². The second-order valence-corrected chi connectivity index (χ2v) is 4.93. The zero-order valence-electron chi connectivity index (χ0n) is 10.1. The first-order chi connectivity index (χ1) is 8.66. The van der Waals surface area contributed by atoms with Crippen molar-refractivity contribution < 1.29 is 0 Å². The third kappa shape index (κ3) is 3.17. The molecule has 0 fully saturated rings. The molecule has 0 radical (unpaired) electrons. The summed E-state index contributed by atoms with van der Waals surface area (Å²) in [5.74, 6) is 0.745. The number of hydrogen-bond donors (Lipinski definition) is 2. The van der Waals surface area contributed by atoms with Gasteiger partial charge in [0.05, 0.1) is 0 Å². The summed E-state index contributed by atoms with van der Waals surface area (Å²) < 4.78 is 0.884. The molecule has 3 nitrogen and oxygen atoms in total. The fraction of sp³-hybridized carbons (Fsp3) is 0.143. The van der Waals surface area contributed by atoms with E-state index in [0.29, 0.717) is 12.3 Å². The van der Waals surface area contributed by atoms with Crippen LogP contribution in [0.5, 0.6) is 0 Å². The second-order valence-electron chi connectivity index (χ2n) is 4.01. The Hall–Kier alpha value is -1.68. The van der Waals surface area contributed by atoms with E-state index in [4.69, 9.17) is 5.41 Å². The van der Waals surface area contributed by atoms with E-state index in [9.17, 15) is 0 Å². The predicted molar refractivity (Wildman–Crippen MR) is 78.2 cm³/mol. The Morgan fingerprint density at radius 1 is 1.33 bits per heavy atom. The van der Waals surface area contributed by atoms with Gasteiger partial charge in [-0.15, -0.1) is 0 Å². The molecule has 0 saturated carbocycles. The highest BCUT2D eigenvalue weighted by atomic mass is 79.9. The van der Waals surface area contributed by atoms with E-state index in [0.717, 1.165) is 15.9 Å². The summed E-state index contributed by atoms with van der Waals surface area (Å²) in [5.41, 5.74) is 2.51. The van der Waals surface area contributed by atoms with E-state index in [-0.39, 0.29) is 0 Å². The number of nitrogens with zero attached hydrogens (tertiary/aromatic N) is 1. The minimum atomic E-state index is 0.499. The van der Waals surface area contributed by atoms with Crippen molar-refractivity contribution in [2.45, 2.75) is 13.5 Å². The van der Waals surface area contributed by atoms with E-state index >= 15 is 0 Å². The van der Waals surface area contributed by atoms with Gasteiger partial charge in [0.1, 0.15) is 5.82 Å². The lowest BCUT2D eigenvalue weighted by Crippen LogP contribution is -2.07. The summed E-state index contributed by atoms with van der Waals surface area (Å²) in [5, 5.41) is 11.0. The molecule has 0 spiro atoms. The van der Waals surface area contributed by atoms with E-state index < -0.39 is 0 Å². The largest absolute Gasteiger partial charge is 0.365 e. The highest BCUT2D eigenvalue weighted by Gasteiger charge is 2.06. The molecule has 0 unspecified atom stereocenters. The molecule has 0 bridgehead atoms. The van der Waals surface area contributed by atoms with Crippen LogP contribution in [0, 0.1) is 5.41 Å². The average molecular weight is 304 g/mol. The molecule has 0 amide bonds. The van der Waals surface area contributed by atoms with Crippen molar-refractivity contribution >= 4 is 27.5 Å². The van der Waals surface area contributed by atoms with E-state index in [2.05, 4.69) is 38.4 Å². The summed E-state index contributed by atoms with van der Waals surface area (Å²) in [4.78, 5) is 4.32. The fourth-order valence-corrected chi connectivity index (χ4v) is 1.98. The second kappa shape index (κ2) is 5.78. The van der Waals surface area contributed by atoms with Crippen molar-refractivity contribution in [2.24, 2.45) is 0 Å². The zero-order chi connectivity index (χ0) is 13.0. The van der Waals surface area contributed by atoms with Crippen molar-refractivity contribution in [3.8, 4) is 0 Å². The zero-order valence-corrected chi connectivity index (χ0v) is 11.7. The number of pyridine rings is 1. The minimum Gasteiger partial charge on any atom is -0.365 e. The SMILES string of the molecule is CC(=N)c1cc(Br)cnc1NCc1ccccc1. The van der Waals surface area contributed by atoms with Crippen molar-refractivity contribution in [3.05, 3.63) is 58.2 Å². The molecule has 0 atom stereocenters. The monoisotopic (exact) mass is 303 g/mol. The van der Waals surface area contributed by atoms with Crippen molar-refractivity contribution in [1.82, 2.24) is 4.98 Å². The van der Waals surface area contributed by atoms with Crippen LogP contribution >= 0.6 is 15.9 Å². The minimum absolute atomic E-state index is 0.499. The van der Waals surface area contributed by atoms with Crippen LogP contribution in [0.3, 0.4) is 0 Å². The summed E-state index contributed by atoms with van der Waals surface area (Å²) in [6.45, 7) is 2.47. The molecule has 1 aromatic carbocycles. The maximum Gasteiger partial charge on any atom is 0.135 e. The molecule has 2 N–H and O–H groups in total. The summed E-state index contributed by atoms with van der Waals surface area (Å²) >= 11 is 3.37. The van der Waals surface area contributed by atoms with Crippen LogP contribution in [0.1, 0.15) is 18.1 Å². The molecule has 4 heteroatoms. The Morgan fingerprint density at radius 3 is 2.72 bits per heavy atom. The van der Waals surface area contributed by atoms with Gasteiger partial charge >= 0.3 is 0 Å². The van der Waals surface area contributed by atoms with Crippen LogP contribution in [0.4, 0.5) is 5.82 Å². The van der Waals surface area contributed by atoms with Crippen molar-refractivity contribution in [3.63, 3.8) is 0 Å². The molecule has 1 aromatic heterocycles. The molecule has 18 heavy (non-hydrogen) atoms. The number of aromatic nitrogens is 1. The van der Waals surface area contributed by atoms with Gasteiger partial charge < -0.3 is 10.7 Å². The van der Waals surface area contributed by atoms with E-state index in [1.165, 1.54) is 5.56 Å². The number of rotatable bonds is 4.